The van der Waals surface area contributed by atoms with Gasteiger partial charge >= 0.3 is 0 Å². The molecule has 1 aliphatic rings. The van der Waals surface area contributed by atoms with Crippen LogP contribution in [-0.4, -0.2) is 37.2 Å². The summed E-state index contributed by atoms with van der Waals surface area (Å²) in [6.45, 7) is 4.05. The molecule has 6 heteroatoms. The van der Waals surface area contributed by atoms with Gasteiger partial charge in [0.05, 0.1) is 19.6 Å². The summed E-state index contributed by atoms with van der Waals surface area (Å²) in [6.07, 6.45) is 2.91. The molecule has 0 saturated carbocycles. The number of hydrogen-bond donors (Lipinski definition) is 4. The van der Waals surface area contributed by atoms with Crippen LogP contribution < -0.4 is 21.3 Å². The third-order valence-corrected chi connectivity index (χ3v) is 4.37. The van der Waals surface area contributed by atoms with Gasteiger partial charge in [-0.3, -0.25) is 4.79 Å². The molecule has 0 unspecified atom stereocenters. The second-order valence-electron chi connectivity index (χ2n) is 5.78. The van der Waals surface area contributed by atoms with E-state index in [0.29, 0.717) is 5.11 Å². The Morgan fingerprint density at radius 3 is 2.59 bits per heavy atom. The first-order valence-electron chi connectivity index (χ1n) is 7.88. The van der Waals surface area contributed by atoms with Crippen molar-refractivity contribution in [3.05, 3.63) is 30.3 Å². The van der Waals surface area contributed by atoms with Crippen LogP contribution >= 0.6 is 12.2 Å². The molecule has 1 aliphatic heterocycles. The van der Waals surface area contributed by atoms with Gasteiger partial charge in [-0.1, -0.05) is 18.2 Å². The Morgan fingerprint density at radius 1 is 1.27 bits per heavy atom. The molecule has 1 saturated heterocycles. The maximum absolute atomic E-state index is 11.1. The highest BCUT2D eigenvalue weighted by molar-refractivity contribution is 7.80. The molecule has 0 aliphatic carbocycles. The molecule has 0 radical (unpaired) electrons. The second kappa shape index (κ2) is 8.70. The number of piperidine rings is 1. The molecule has 1 amide bonds. The quantitative estimate of drug-likeness (QED) is 0.444. The maximum atomic E-state index is 11.1. The number of quaternary nitrogens is 1. The van der Waals surface area contributed by atoms with Crippen LogP contribution in [0.1, 0.15) is 19.3 Å². The molecule has 0 bridgehead atoms. The van der Waals surface area contributed by atoms with Crippen LogP contribution in [0.25, 0.3) is 0 Å². The van der Waals surface area contributed by atoms with Gasteiger partial charge in [-0.05, 0) is 24.4 Å². The topological polar surface area (TPSA) is 71.6 Å². The highest BCUT2D eigenvalue weighted by Gasteiger charge is 2.25. The Labute approximate surface area is 137 Å². The SMILES string of the molecule is NC(=O)C1CC[NH+](CCCNC(=S)Nc2ccccc2)CC1. The fourth-order valence-electron chi connectivity index (χ4n) is 2.80. The zero-order valence-electron chi connectivity index (χ0n) is 12.8. The Kier molecular flexibility index (Phi) is 6.61. The lowest BCUT2D eigenvalue weighted by atomic mass is 9.96. The number of amides is 1. The van der Waals surface area contributed by atoms with E-state index in [2.05, 4.69) is 10.6 Å². The third kappa shape index (κ3) is 5.61. The first-order chi connectivity index (χ1) is 10.6. The van der Waals surface area contributed by atoms with E-state index in [1.54, 1.807) is 4.90 Å². The number of carbonyl (C=O) groups is 1. The number of benzene rings is 1. The normalized spacial score (nSPS) is 21.1. The van der Waals surface area contributed by atoms with Crippen LogP contribution in [0.3, 0.4) is 0 Å². The van der Waals surface area contributed by atoms with E-state index in [9.17, 15) is 4.79 Å². The summed E-state index contributed by atoms with van der Waals surface area (Å²) in [5.41, 5.74) is 6.35. The van der Waals surface area contributed by atoms with Gasteiger partial charge in [0.2, 0.25) is 5.91 Å². The lowest BCUT2D eigenvalue weighted by Gasteiger charge is -2.27. The van der Waals surface area contributed by atoms with E-state index in [4.69, 9.17) is 18.0 Å². The number of thiocarbonyl (C=S) groups is 1. The van der Waals surface area contributed by atoms with Gasteiger partial charge in [0, 0.05) is 37.4 Å². The summed E-state index contributed by atoms with van der Waals surface area (Å²) in [5, 5.41) is 7.05. The van der Waals surface area contributed by atoms with Crippen molar-refractivity contribution in [2.75, 3.05) is 31.5 Å². The summed E-state index contributed by atoms with van der Waals surface area (Å²) in [7, 11) is 0. The molecule has 5 N–H and O–H groups in total. The summed E-state index contributed by atoms with van der Waals surface area (Å²) < 4.78 is 0. The smallest absolute Gasteiger partial charge is 0.220 e. The predicted octanol–water partition coefficient (Wildman–Crippen LogP) is 0.143. The molecular formula is C16H25N4OS+. The van der Waals surface area contributed by atoms with Crippen LogP contribution in [0.15, 0.2) is 30.3 Å². The molecule has 120 valence electrons. The molecule has 5 nitrogen and oxygen atoms in total. The number of carbonyl (C=O) groups excluding carboxylic acids is 1. The van der Waals surface area contributed by atoms with Gasteiger partial charge < -0.3 is 21.3 Å². The fraction of sp³-hybridized carbons (Fsp3) is 0.500. The van der Waals surface area contributed by atoms with Gasteiger partial charge in [-0.15, -0.1) is 0 Å². The highest BCUT2D eigenvalue weighted by atomic mass is 32.1. The average molecular weight is 321 g/mol. The first-order valence-corrected chi connectivity index (χ1v) is 8.29. The van der Waals surface area contributed by atoms with Crippen LogP contribution in [0, 0.1) is 5.92 Å². The number of nitrogens with two attached hydrogens (primary N) is 1. The predicted molar refractivity (Wildman–Crippen MR) is 92.8 cm³/mol. The fourth-order valence-corrected chi connectivity index (χ4v) is 3.02. The van der Waals surface area contributed by atoms with Crippen molar-refractivity contribution < 1.29 is 9.69 Å². The van der Waals surface area contributed by atoms with Crippen molar-refractivity contribution in [1.82, 2.24) is 5.32 Å². The van der Waals surface area contributed by atoms with Crippen molar-refractivity contribution in [3.8, 4) is 0 Å². The summed E-state index contributed by atoms with van der Waals surface area (Å²) in [6, 6.07) is 9.90. The minimum atomic E-state index is -0.141. The first kappa shape index (κ1) is 16.7. The molecule has 1 heterocycles. The lowest BCUT2D eigenvalue weighted by molar-refractivity contribution is -0.905. The van der Waals surface area contributed by atoms with Gasteiger partial charge in [-0.2, -0.15) is 0 Å². The number of nitrogens with one attached hydrogen (secondary N) is 3. The molecule has 1 aromatic rings. The third-order valence-electron chi connectivity index (χ3n) is 4.12. The van der Waals surface area contributed by atoms with Crippen molar-refractivity contribution in [2.45, 2.75) is 19.3 Å². The lowest BCUT2D eigenvalue weighted by Crippen LogP contribution is -3.13. The van der Waals surface area contributed by atoms with Crippen molar-refractivity contribution in [2.24, 2.45) is 11.7 Å². The largest absolute Gasteiger partial charge is 0.369 e. The van der Waals surface area contributed by atoms with Gasteiger partial charge in [0.1, 0.15) is 0 Å². The maximum Gasteiger partial charge on any atom is 0.220 e. The summed E-state index contributed by atoms with van der Waals surface area (Å²) in [4.78, 5) is 12.7. The minimum absolute atomic E-state index is 0.0875. The van der Waals surface area contributed by atoms with E-state index < -0.39 is 0 Å². The molecule has 0 aromatic heterocycles. The van der Waals surface area contributed by atoms with Gasteiger partial charge in [0.25, 0.3) is 0 Å². The van der Waals surface area contributed by atoms with E-state index in [1.165, 1.54) is 0 Å². The number of anilines is 1. The molecular weight excluding hydrogens is 296 g/mol. The van der Waals surface area contributed by atoms with Crippen LogP contribution in [0.5, 0.6) is 0 Å². The number of likely N-dealkylation sites (tertiary alicyclic amines) is 1. The van der Waals surface area contributed by atoms with E-state index in [-0.39, 0.29) is 11.8 Å². The van der Waals surface area contributed by atoms with Crippen LogP contribution in [0.2, 0.25) is 0 Å². The highest BCUT2D eigenvalue weighted by Crippen LogP contribution is 2.07. The van der Waals surface area contributed by atoms with Crippen LogP contribution in [0.4, 0.5) is 5.69 Å². The molecule has 0 spiro atoms. The van der Waals surface area contributed by atoms with E-state index in [0.717, 1.165) is 51.1 Å². The second-order valence-corrected chi connectivity index (χ2v) is 6.19. The zero-order chi connectivity index (χ0) is 15.8. The number of primary amides is 1. The monoisotopic (exact) mass is 321 g/mol. The number of hydrogen-bond acceptors (Lipinski definition) is 2. The molecule has 2 rings (SSSR count). The Balaban J connectivity index is 1.56. The number of para-hydroxylation sites is 1. The average Bonchev–Trinajstić information content (AvgIpc) is 2.53. The molecule has 1 fully saturated rings. The summed E-state index contributed by atoms with van der Waals surface area (Å²) in [5.74, 6) is -0.0532. The zero-order valence-corrected chi connectivity index (χ0v) is 13.6. The molecule has 22 heavy (non-hydrogen) atoms. The minimum Gasteiger partial charge on any atom is -0.369 e. The summed E-state index contributed by atoms with van der Waals surface area (Å²) >= 11 is 5.27. The van der Waals surface area contributed by atoms with Crippen molar-refractivity contribution in [1.29, 1.82) is 0 Å². The molecule has 0 atom stereocenters. The Morgan fingerprint density at radius 2 is 1.95 bits per heavy atom. The van der Waals surface area contributed by atoms with Crippen molar-refractivity contribution >= 4 is 28.9 Å². The number of rotatable bonds is 6. The Bertz CT molecular complexity index is 486. The molecule has 1 aromatic carbocycles. The van der Waals surface area contributed by atoms with Gasteiger partial charge in [-0.25, -0.2) is 0 Å². The van der Waals surface area contributed by atoms with E-state index >= 15 is 0 Å². The van der Waals surface area contributed by atoms with E-state index in [1.807, 2.05) is 30.3 Å². The standard InChI is InChI=1S/C16H24N4OS/c17-15(21)13-7-11-20(12-8-13)10-4-9-18-16(22)19-14-5-2-1-3-6-14/h1-3,5-6,13H,4,7-12H2,(H2,17,21)(H2,18,19,22)/p+1. The van der Waals surface area contributed by atoms with Crippen molar-refractivity contribution in [3.63, 3.8) is 0 Å². The Hall–Kier alpha value is -1.66. The van der Waals surface area contributed by atoms with Gasteiger partial charge in [0.15, 0.2) is 5.11 Å². The van der Waals surface area contributed by atoms with Crippen LogP contribution in [-0.2, 0) is 4.79 Å².